The van der Waals surface area contributed by atoms with Gasteiger partial charge in [0.25, 0.3) is 11.6 Å². The third kappa shape index (κ3) is 4.14. The van der Waals surface area contributed by atoms with Gasteiger partial charge < -0.3 is 10.6 Å². The average molecular weight is 251 g/mol. The predicted octanol–water partition coefficient (Wildman–Crippen LogP) is 1.18. The Bertz CT molecular complexity index is 417. The Balaban J connectivity index is 2.54. The lowest BCUT2D eigenvalue weighted by molar-refractivity contribution is -0.384. The number of amides is 1. The van der Waals surface area contributed by atoms with Crippen molar-refractivity contribution in [3.63, 3.8) is 0 Å². The second-order valence-corrected chi connectivity index (χ2v) is 4.18. The van der Waals surface area contributed by atoms with Crippen molar-refractivity contribution in [3.8, 4) is 0 Å². The summed E-state index contributed by atoms with van der Waals surface area (Å²) in [4.78, 5) is 21.7. The quantitative estimate of drug-likeness (QED) is 0.587. The van der Waals surface area contributed by atoms with Crippen LogP contribution in [0.2, 0.25) is 0 Å². The topological polar surface area (TPSA) is 84.3 Å². The number of carbonyl (C=O) groups is 1. The molecule has 1 amide bonds. The third-order valence-corrected chi connectivity index (χ3v) is 2.50. The monoisotopic (exact) mass is 251 g/mol. The van der Waals surface area contributed by atoms with Crippen LogP contribution in [0, 0.1) is 16.0 Å². The maximum atomic E-state index is 11.7. The number of nitrogens with zero attached hydrogens (tertiary/aromatic N) is 1. The molecule has 0 heterocycles. The molecule has 2 N–H and O–H groups in total. The first-order valence-electron chi connectivity index (χ1n) is 5.72. The molecular formula is C12H17N3O3. The van der Waals surface area contributed by atoms with Crippen molar-refractivity contribution in [2.75, 3.05) is 20.1 Å². The van der Waals surface area contributed by atoms with E-state index in [1.165, 1.54) is 24.3 Å². The highest BCUT2D eigenvalue weighted by Crippen LogP contribution is 2.11. The van der Waals surface area contributed by atoms with Gasteiger partial charge in [-0.3, -0.25) is 14.9 Å². The number of carbonyl (C=O) groups excluding carboxylic acids is 1. The van der Waals surface area contributed by atoms with Gasteiger partial charge in [0.1, 0.15) is 0 Å². The number of nitro groups is 1. The van der Waals surface area contributed by atoms with Gasteiger partial charge in [0.15, 0.2) is 0 Å². The zero-order chi connectivity index (χ0) is 13.5. The summed E-state index contributed by atoms with van der Waals surface area (Å²) in [7, 11) is 1.86. The van der Waals surface area contributed by atoms with E-state index in [4.69, 9.17) is 0 Å². The molecule has 0 saturated carbocycles. The highest BCUT2D eigenvalue weighted by molar-refractivity contribution is 5.94. The van der Waals surface area contributed by atoms with E-state index in [9.17, 15) is 14.9 Å². The molecule has 0 aliphatic rings. The molecule has 0 aromatic heterocycles. The van der Waals surface area contributed by atoms with Crippen LogP contribution in [0.15, 0.2) is 24.3 Å². The van der Waals surface area contributed by atoms with Crippen molar-refractivity contribution in [2.24, 2.45) is 5.92 Å². The lowest BCUT2D eigenvalue weighted by Gasteiger charge is -2.11. The number of benzene rings is 1. The first kappa shape index (κ1) is 14.1. The van der Waals surface area contributed by atoms with Crippen LogP contribution < -0.4 is 10.6 Å². The largest absolute Gasteiger partial charge is 0.352 e. The molecule has 1 aromatic carbocycles. The molecule has 1 atom stereocenters. The van der Waals surface area contributed by atoms with Gasteiger partial charge in [-0.1, -0.05) is 6.92 Å². The Morgan fingerprint density at radius 2 is 1.94 bits per heavy atom. The molecule has 1 unspecified atom stereocenters. The Morgan fingerprint density at radius 3 is 2.44 bits per heavy atom. The number of non-ortho nitro benzene ring substituents is 1. The highest BCUT2D eigenvalue weighted by Gasteiger charge is 2.10. The van der Waals surface area contributed by atoms with E-state index >= 15 is 0 Å². The number of nitrogens with one attached hydrogen (secondary N) is 2. The van der Waals surface area contributed by atoms with Crippen molar-refractivity contribution < 1.29 is 9.72 Å². The molecule has 98 valence electrons. The second-order valence-electron chi connectivity index (χ2n) is 4.18. The van der Waals surface area contributed by atoms with Gasteiger partial charge >= 0.3 is 0 Å². The molecule has 6 heteroatoms. The van der Waals surface area contributed by atoms with Gasteiger partial charge in [-0.2, -0.15) is 0 Å². The number of hydrogen-bond donors (Lipinski definition) is 2. The van der Waals surface area contributed by atoms with E-state index in [0.717, 1.165) is 6.54 Å². The minimum absolute atomic E-state index is 0.0184. The molecule has 0 saturated heterocycles. The zero-order valence-electron chi connectivity index (χ0n) is 10.5. The van der Waals surface area contributed by atoms with Crippen molar-refractivity contribution >= 4 is 11.6 Å². The molecule has 1 rings (SSSR count). The third-order valence-electron chi connectivity index (χ3n) is 2.50. The van der Waals surface area contributed by atoms with Crippen LogP contribution in [0.25, 0.3) is 0 Å². The fourth-order valence-corrected chi connectivity index (χ4v) is 1.52. The summed E-state index contributed by atoms with van der Waals surface area (Å²) in [6, 6.07) is 5.56. The summed E-state index contributed by atoms with van der Waals surface area (Å²) in [6.45, 7) is 3.41. The first-order valence-corrected chi connectivity index (χ1v) is 5.72. The molecule has 0 fully saturated rings. The van der Waals surface area contributed by atoms with Crippen molar-refractivity contribution in [1.29, 1.82) is 0 Å². The normalized spacial score (nSPS) is 11.9. The molecular weight excluding hydrogens is 234 g/mol. The molecule has 0 aliphatic heterocycles. The van der Waals surface area contributed by atoms with Crippen LogP contribution in [0.4, 0.5) is 5.69 Å². The first-order chi connectivity index (χ1) is 8.54. The maximum Gasteiger partial charge on any atom is 0.269 e. The summed E-state index contributed by atoms with van der Waals surface area (Å²) in [5, 5.41) is 16.3. The van der Waals surface area contributed by atoms with Crippen LogP contribution in [0.3, 0.4) is 0 Å². The van der Waals surface area contributed by atoms with Gasteiger partial charge in [0, 0.05) is 24.2 Å². The summed E-state index contributed by atoms with van der Waals surface area (Å²) in [5.74, 6) is 0.116. The average Bonchev–Trinajstić information content (AvgIpc) is 2.36. The molecule has 0 radical (unpaired) electrons. The van der Waals surface area contributed by atoms with E-state index < -0.39 is 4.92 Å². The smallest absolute Gasteiger partial charge is 0.269 e. The van der Waals surface area contributed by atoms with E-state index in [1.807, 2.05) is 14.0 Å². The fraction of sp³-hybridized carbons (Fsp3) is 0.417. The lowest BCUT2D eigenvalue weighted by atomic mass is 10.1. The van der Waals surface area contributed by atoms with Gasteiger partial charge in [0.2, 0.25) is 0 Å². The number of rotatable bonds is 6. The van der Waals surface area contributed by atoms with E-state index in [2.05, 4.69) is 10.6 Å². The number of hydrogen-bond acceptors (Lipinski definition) is 4. The van der Waals surface area contributed by atoms with Crippen LogP contribution in [0.1, 0.15) is 17.3 Å². The predicted molar refractivity (Wildman–Crippen MR) is 68.5 cm³/mol. The van der Waals surface area contributed by atoms with E-state index in [1.54, 1.807) is 0 Å². The Labute approximate surface area is 106 Å². The Kier molecular flexibility index (Phi) is 5.26. The Morgan fingerprint density at radius 1 is 1.33 bits per heavy atom. The van der Waals surface area contributed by atoms with Crippen molar-refractivity contribution in [2.45, 2.75) is 6.92 Å². The van der Waals surface area contributed by atoms with Crippen LogP contribution in [0.5, 0.6) is 0 Å². The van der Waals surface area contributed by atoms with Crippen LogP contribution >= 0.6 is 0 Å². The maximum absolute atomic E-state index is 11.7. The van der Waals surface area contributed by atoms with Gasteiger partial charge in [-0.25, -0.2) is 0 Å². The SMILES string of the molecule is CNCC(C)CNC(=O)c1ccc([N+](=O)[O-])cc1. The number of nitro benzene ring substituents is 1. The van der Waals surface area contributed by atoms with Gasteiger partial charge in [0.05, 0.1) is 4.92 Å². The summed E-state index contributed by atoms with van der Waals surface area (Å²) in [6.07, 6.45) is 0. The minimum Gasteiger partial charge on any atom is -0.352 e. The summed E-state index contributed by atoms with van der Waals surface area (Å²) >= 11 is 0. The highest BCUT2D eigenvalue weighted by atomic mass is 16.6. The summed E-state index contributed by atoms with van der Waals surface area (Å²) in [5.41, 5.74) is 0.410. The Hall–Kier alpha value is -1.95. The van der Waals surface area contributed by atoms with E-state index in [-0.39, 0.29) is 11.6 Å². The molecule has 6 nitrogen and oxygen atoms in total. The zero-order valence-corrected chi connectivity index (χ0v) is 10.5. The molecule has 1 aromatic rings. The van der Waals surface area contributed by atoms with Crippen LogP contribution in [-0.2, 0) is 0 Å². The molecule has 0 spiro atoms. The molecule has 0 aliphatic carbocycles. The summed E-state index contributed by atoms with van der Waals surface area (Å²) < 4.78 is 0. The van der Waals surface area contributed by atoms with Gasteiger partial charge in [-0.05, 0) is 31.6 Å². The lowest BCUT2D eigenvalue weighted by Crippen LogP contribution is -2.32. The van der Waals surface area contributed by atoms with Crippen molar-refractivity contribution in [1.82, 2.24) is 10.6 Å². The van der Waals surface area contributed by atoms with Gasteiger partial charge in [-0.15, -0.1) is 0 Å². The van der Waals surface area contributed by atoms with E-state index in [0.29, 0.717) is 18.0 Å². The second kappa shape index (κ2) is 6.70. The van der Waals surface area contributed by atoms with Crippen LogP contribution in [-0.4, -0.2) is 31.0 Å². The molecule has 18 heavy (non-hydrogen) atoms. The van der Waals surface area contributed by atoms with Crippen molar-refractivity contribution in [3.05, 3.63) is 39.9 Å². The standard InChI is InChI=1S/C12H17N3O3/c1-9(7-13-2)8-14-12(16)10-3-5-11(6-4-10)15(17)18/h3-6,9,13H,7-8H2,1-2H3,(H,14,16). The minimum atomic E-state index is -0.489. The molecule has 0 bridgehead atoms. The fourth-order valence-electron chi connectivity index (χ4n) is 1.52.